The van der Waals surface area contributed by atoms with Crippen LogP contribution in [-0.4, -0.2) is 9.55 Å². The Hall–Kier alpha value is -2.15. The van der Waals surface area contributed by atoms with Gasteiger partial charge in [-0.15, -0.1) is 0 Å². The molecule has 1 aromatic heterocycles. The van der Waals surface area contributed by atoms with Crippen molar-refractivity contribution in [3.63, 3.8) is 0 Å². The van der Waals surface area contributed by atoms with E-state index in [2.05, 4.69) is 4.98 Å². The number of nitriles is 1. The van der Waals surface area contributed by atoms with Gasteiger partial charge in [-0.05, 0) is 31.2 Å². The quantitative estimate of drug-likeness (QED) is 0.709. The number of rotatable bonds is 1. The van der Waals surface area contributed by atoms with E-state index in [0.717, 1.165) is 11.4 Å². The van der Waals surface area contributed by atoms with Gasteiger partial charge in [-0.3, -0.25) is 0 Å². The first-order valence-corrected chi connectivity index (χ1v) is 4.42. The Morgan fingerprint density at radius 3 is 2.53 bits per heavy atom. The topological polar surface area (TPSA) is 41.6 Å². The largest absolute Gasteiger partial charge is 0.302 e. The number of hydrogen-bond acceptors (Lipinski definition) is 2. The van der Waals surface area contributed by atoms with Crippen molar-refractivity contribution in [1.29, 1.82) is 5.26 Å². The third kappa shape index (κ3) is 1.59. The predicted molar refractivity (Wildman–Crippen MR) is 53.0 cm³/mol. The lowest BCUT2D eigenvalue weighted by molar-refractivity contribution is 0.627. The molecule has 0 fully saturated rings. The molecule has 0 amide bonds. The Kier molecular flexibility index (Phi) is 2.22. The van der Waals surface area contributed by atoms with E-state index in [9.17, 15) is 4.39 Å². The molecule has 15 heavy (non-hydrogen) atoms. The lowest BCUT2D eigenvalue weighted by Gasteiger charge is -2.03. The normalized spacial score (nSPS) is 9.93. The van der Waals surface area contributed by atoms with Gasteiger partial charge < -0.3 is 4.57 Å². The van der Waals surface area contributed by atoms with Crippen LogP contribution in [0.2, 0.25) is 0 Å². The molecule has 0 aliphatic heterocycles. The highest BCUT2D eigenvalue weighted by Gasteiger charge is 2.06. The SMILES string of the molecule is Cc1c(C#N)ncn1-c1ccc(F)cc1. The summed E-state index contributed by atoms with van der Waals surface area (Å²) >= 11 is 0. The molecule has 0 spiro atoms. The number of hydrogen-bond donors (Lipinski definition) is 0. The summed E-state index contributed by atoms with van der Waals surface area (Å²) in [7, 11) is 0. The van der Waals surface area contributed by atoms with Gasteiger partial charge in [0.05, 0.1) is 5.69 Å². The summed E-state index contributed by atoms with van der Waals surface area (Å²) in [5, 5.41) is 8.74. The molecule has 1 aromatic carbocycles. The lowest BCUT2D eigenvalue weighted by Crippen LogP contribution is -1.95. The molecule has 3 nitrogen and oxygen atoms in total. The Bertz CT molecular complexity index is 520. The second-order valence-corrected chi connectivity index (χ2v) is 3.14. The van der Waals surface area contributed by atoms with Crippen LogP contribution in [0.3, 0.4) is 0 Å². The fraction of sp³-hybridized carbons (Fsp3) is 0.0909. The van der Waals surface area contributed by atoms with Crippen molar-refractivity contribution in [2.45, 2.75) is 6.92 Å². The van der Waals surface area contributed by atoms with E-state index >= 15 is 0 Å². The van der Waals surface area contributed by atoms with Gasteiger partial charge in [0.25, 0.3) is 0 Å². The number of benzene rings is 1. The first-order valence-electron chi connectivity index (χ1n) is 4.42. The maximum Gasteiger partial charge on any atom is 0.161 e. The van der Waals surface area contributed by atoms with Crippen molar-refractivity contribution in [3.05, 3.63) is 47.8 Å². The lowest BCUT2D eigenvalue weighted by atomic mass is 10.3. The average Bonchev–Trinajstić information content (AvgIpc) is 2.61. The Morgan fingerprint density at radius 1 is 1.33 bits per heavy atom. The molecule has 0 aliphatic carbocycles. The second kappa shape index (κ2) is 3.54. The molecule has 0 saturated carbocycles. The molecule has 0 unspecified atom stereocenters. The minimum atomic E-state index is -0.281. The minimum Gasteiger partial charge on any atom is -0.302 e. The molecule has 4 heteroatoms. The van der Waals surface area contributed by atoms with Gasteiger partial charge in [0.1, 0.15) is 18.2 Å². The van der Waals surface area contributed by atoms with Gasteiger partial charge >= 0.3 is 0 Å². The zero-order valence-electron chi connectivity index (χ0n) is 8.11. The molecule has 0 radical (unpaired) electrons. The van der Waals surface area contributed by atoms with E-state index in [-0.39, 0.29) is 5.82 Å². The Balaban J connectivity index is 2.51. The monoisotopic (exact) mass is 201 g/mol. The van der Waals surface area contributed by atoms with E-state index in [1.807, 2.05) is 6.07 Å². The molecule has 0 atom stereocenters. The predicted octanol–water partition coefficient (Wildman–Crippen LogP) is 2.19. The highest BCUT2D eigenvalue weighted by molar-refractivity contribution is 5.37. The molecule has 2 rings (SSSR count). The number of imidazole rings is 1. The van der Waals surface area contributed by atoms with Crippen LogP contribution in [0.15, 0.2) is 30.6 Å². The summed E-state index contributed by atoms with van der Waals surface area (Å²) in [6.45, 7) is 1.80. The molecular formula is C11H8FN3. The van der Waals surface area contributed by atoms with Gasteiger partial charge in [-0.25, -0.2) is 9.37 Å². The fourth-order valence-corrected chi connectivity index (χ4v) is 1.38. The van der Waals surface area contributed by atoms with Crippen LogP contribution in [0.5, 0.6) is 0 Å². The van der Waals surface area contributed by atoms with E-state index in [0.29, 0.717) is 5.69 Å². The molecule has 0 N–H and O–H groups in total. The summed E-state index contributed by atoms with van der Waals surface area (Å²) < 4.78 is 14.4. The third-order valence-electron chi connectivity index (χ3n) is 2.22. The zero-order valence-corrected chi connectivity index (χ0v) is 8.11. The number of halogens is 1. The van der Waals surface area contributed by atoms with Gasteiger partial charge in [0.2, 0.25) is 0 Å². The minimum absolute atomic E-state index is 0.281. The van der Waals surface area contributed by atoms with Crippen LogP contribution in [0.4, 0.5) is 4.39 Å². The first-order chi connectivity index (χ1) is 7.22. The van der Waals surface area contributed by atoms with Gasteiger partial charge in [-0.1, -0.05) is 0 Å². The maximum atomic E-state index is 12.7. The molecule has 0 bridgehead atoms. The summed E-state index contributed by atoms with van der Waals surface area (Å²) in [5.41, 5.74) is 1.94. The molecule has 0 aliphatic rings. The standard InChI is InChI=1S/C11H8FN3/c1-8-11(6-13)14-7-15(8)10-4-2-9(12)3-5-10/h2-5,7H,1H3. The van der Waals surface area contributed by atoms with Crippen molar-refractivity contribution >= 4 is 0 Å². The van der Waals surface area contributed by atoms with Crippen LogP contribution >= 0.6 is 0 Å². The highest BCUT2D eigenvalue weighted by Crippen LogP contribution is 2.13. The molecule has 2 aromatic rings. The average molecular weight is 201 g/mol. The number of nitrogens with zero attached hydrogens (tertiary/aromatic N) is 3. The van der Waals surface area contributed by atoms with E-state index in [4.69, 9.17) is 5.26 Å². The first kappa shape index (κ1) is 9.41. The van der Waals surface area contributed by atoms with Gasteiger partial charge in [-0.2, -0.15) is 5.26 Å². The maximum absolute atomic E-state index is 12.7. The molecular weight excluding hydrogens is 193 g/mol. The van der Waals surface area contributed by atoms with Crippen molar-refractivity contribution in [1.82, 2.24) is 9.55 Å². The summed E-state index contributed by atoms with van der Waals surface area (Å²) in [4.78, 5) is 3.94. The van der Waals surface area contributed by atoms with E-state index < -0.39 is 0 Å². The van der Waals surface area contributed by atoms with Gasteiger partial charge in [0, 0.05) is 5.69 Å². The zero-order chi connectivity index (χ0) is 10.8. The van der Waals surface area contributed by atoms with Crippen LogP contribution < -0.4 is 0 Å². The summed E-state index contributed by atoms with van der Waals surface area (Å²) in [6, 6.07) is 8.03. The van der Waals surface area contributed by atoms with Crippen LogP contribution in [-0.2, 0) is 0 Å². The third-order valence-corrected chi connectivity index (χ3v) is 2.22. The van der Waals surface area contributed by atoms with Gasteiger partial charge in [0.15, 0.2) is 5.69 Å². The highest BCUT2D eigenvalue weighted by atomic mass is 19.1. The van der Waals surface area contributed by atoms with Crippen molar-refractivity contribution in [2.24, 2.45) is 0 Å². The summed E-state index contributed by atoms with van der Waals surface area (Å²) in [6.07, 6.45) is 1.56. The van der Waals surface area contributed by atoms with E-state index in [1.165, 1.54) is 12.1 Å². The van der Waals surface area contributed by atoms with E-state index in [1.54, 1.807) is 30.0 Å². The number of aromatic nitrogens is 2. The Morgan fingerprint density at radius 2 is 2.00 bits per heavy atom. The van der Waals surface area contributed by atoms with Crippen molar-refractivity contribution < 1.29 is 4.39 Å². The smallest absolute Gasteiger partial charge is 0.161 e. The Labute approximate surface area is 86.4 Å². The molecule has 0 saturated heterocycles. The van der Waals surface area contributed by atoms with Crippen LogP contribution in [0.25, 0.3) is 5.69 Å². The van der Waals surface area contributed by atoms with Crippen molar-refractivity contribution in [2.75, 3.05) is 0 Å². The molecule has 74 valence electrons. The second-order valence-electron chi connectivity index (χ2n) is 3.14. The fourth-order valence-electron chi connectivity index (χ4n) is 1.38. The van der Waals surface area contributed by atoms with Crippen LogP contribution in [0.1, 0.15) is 11.4 Å². The summed E-state index contributed by atoms with van der Waals surface area (Å²) in [5.74, 6) is -0.281. The van der Waals surface area contributed by atoms with Crippen LogP contribution in [0, 0.1) is 24.1 Å². The molecule has 1 heterocycles. The van der Waals surface area contributed by atoms with Crippen molar-refractivity contribution in [3.8, 4) is 11.8 Å².